The molecule has 1 heterocycles. The molecule has 3 aromatic rings. The number of nitrogens with one attached hydrogen (secondary N) is 2. The summed E-state index contributed by atoms with van der Waals surface area (Å²) in [5, 5.41) is 9.22. The van der Waals surface area contributed by atoms with Crippen molar-refractivity contribution in [2.75, 3.05) is 0 Å². The van der Waals surface area contributed by atoms with E-state index in [9.17, 15) is 22.8 Å². The van der Waals surface area contributed by atoms with E-state index < -0.39 is 32.5 Å². The van der Waals surface area contributed by atoms with E-state index in [2.05, 4.69) is 9.71 Å². The summed E-state index contributed by atoms with van der Waals surface area (Å²) in [6, 6.07) is 15.1. The molecule has 0 radical (unpaired) electrons. The Morgan fingerprint density at radius 2 is 1.71 bits per heavy atom. The molecule has 0 fully saturated rings. The smallest absolute Gasteiger partial charge is 0.262 e. The maximum atomic E-state index is 13.0. The van der Waals surface area contributed by atoms with E-state index in [1.54, 1.807) is 31.6 Å². The third-order valence-corrected chi connectivity index (χ3v) is 7.70. The van der Waals surface area contributed by atoms with Crippen molar-refractivity contribution in [1.29, 1.82) is 0 Å². The van der Waals surface area contributed by atoms with E-state index >= 15 is 0 Å². The number of nitrogens with zero attached hydrogens (tertiary/aromatic N) is 1. The van der Waals surface area contributed by atoms with Gasteiger partial charge in [-0.05, 0) is 74.5 Å². The average molecular weight is 506 g/mol. The van der Waals surface area contributed by atoms with Gasteiger partial charge in [0.15, 0.2) is 0 Å². The molecule has 0 spiro atoms. The summed E-state index contributed by atoms with van der Waals surface area (Å²) in [5.41, 5.74) is 2.31. The summed E-state index contributed by atoms with van der Waals surface area (Å²) in [6.07, 6.45) is 1.65. The van der Waals surface area contributed by atoms with Crippen molar-refractivity contribution in [1.82, 2.24) is 15.2 Å². The molecule has 0 aliphatic heterocycles. The number of aromatic nitrogens is 1. The van der Waals surface area contributed by atoms with Gasteiger partial charge in [0.1, 0.15) is 23.4 Å². The van der Waals surface area contributed by atoms with E-state index in [-0.39, 0.29) is 4.90 Å². The second-order valence-electron chi connectivity index (χ2n) is 7.77. The highest BCUT2D eigenvalue weighted by atomic mass is 32.2. The van der Waals surface area contributed by atoms with Gasteiger partial charge >= 0.3 is 0 Å². The van der Waals surface area contributed by atoms with Crippen LogP contribution < -0.4 is 14.9 Å². The van der Waals surface area contributed by atoms with E-state index in [0.29, 0.717) is 17.3 Å². The molecule has 1 aromatic heterocycles. The molecule has 1 atom stereocenters. The van der Waals surface area contributed by atoms with Gasteiger partial charge in [-0.1, -0.05) is 6.07 Å². The van der Waals surface area contributed by atoms with Crippen LogP contribution in [0.15, 0.2) is 77.8 Å². The number of hydroxylamine groups is 1. The Morgan fingerprint density at radius 3 is 2.26 bits per heavy atom. The van der Waals surface area contributed by atoms with Gasteiger partial charge in [-0.3, -0.25) is 15.0 Å². The fraction of sp³-hybridized carbons (Fsp3) is 0.217. The number of carbonyl (C=O) groups excluding carboxylic acids is 1. The number of carbonyl (C=O) groups is 1. The van der Waals surface area contributed by atoms with Crippen molar-refractivity contribution in [3.63, 3.8) is 0 Å². The third-order valence-electron chi connectivity index (χ3n) is 4.84. The van der Waals surface area contributed by atoms with Crippen LogP contribution in [0.5, 0.6) is 11.5 Å². The van der Waals surface area contributed by atoms with Crippen molar-refractivity contribution in [2.24, 2.45) is 0 Å². The summed E-state index contributed by atoms with van der Waals surface area (Å²) in [4.78, 5) is 16.5. The minimum atomic E-state index is -4.13. The molecule has 180 valence electrons. The number of rotatable bonds is 10. The van der Waals surface area contributed by atoms with Crippen molar-refractivity contribution < 1.29 is 27.5 Å². The number of ether oxygens (including phenoxy) is 1. The lowest BCUT2D eigenvalue weighted by Gasteiger charge is -2.32. The average Bonchev–Trinajstić information content (AvgIpc) is 2.83. The Bertz CT molecular complexity index is 1210. The molecule has 11 heteroatoms. The Labute approximate surface area is 201 Å². The molecule has 34 heavy (non-hydrogen) atoms. The van der Waals surface area contributed by atoms with Crippen LogP contribution in [0, 0.1) is 5.82 Å². The van der Waals surface area contributed by atoms with E-state index in [4.69, 9.17) is 4.74 Å². The molecule has 0 saturated heterocycles. The van der Waals surface area contributed by atoms with Gasteiger partial charge in [-0.15, -0.1) is 11.8 Å². The standard InChI is InChI=1S/C23H24FN3O5S2/c1-23(2,33-15-17-5-3-4-14-25-17)21(22(28)26-29)27-34(30,31)20-12-10-19(11-13-20)32-18-8-6-16(24)7-9-18/h3-14,21,27,29H,15H2,1-2H3,(H,26,28). The van der Waals surface area contributed by atoms with E-state index in [1.807, 2.05) is 12.1 Å². The van der Waals surface area contributed by atoms with E-state index in [0.717, 1.165) is 5.69 Å². The normalized spacial score (nSPS) is 12.7. The van der Waals surface area contributed by atoms with Crippen LogP contribution in [-0.4, -0.2) is 35.3 Å². The van der Waals surface area contributed by atoms with Crippen LogP contribution in [0.1, 0.15) is 19.5 Å². The van der Waals surface area contributed by atoms with Gasteiger partial charge in [-0.25, -0.2) is 18.3 Å². The molecular weight excluding hydrogens is 481 g/mol. The van der Waals surface area contributed by atoms with Crippen molar-refractivity contribution in [3.8, 4) is 11.5 Å². The monoisotopic (exact) mass is 505 g/mol. The summed E-state index contributed by atoms with van der Waals surface area (Å²) < 4.78 is 46.1. The molecule has 0 aliphatic rings. The highest BCUT2D eigenvalue weighted by Gasteiger charge is 2.39. The van der Waals surface area contributed by atoms with Crippen LogP contribution in [0.2, 0.25) is 0 Å². The topological polar surface area (TPSA) is 118 Å². The summed E-state index contributed by atoms with van der Waals surface area (Å²) in [5.74, 6) is -0.121. The molecule has 1 unspecified atom stereocenters. The lowest BCUT2D eigenvalue weighted by molar-refractivity contribution is -0.131. The number of hydrogen-bond donors (Lipinski definition) is 3. The predicted octanol–water partition coefficient (Wildman–Crippen LogP) is 3.88. The molecule has 0 aliphatic carbocycles. The molecule has 3 rings (SSSR count). The van der Waals surface area contributed by atoms with Crippen LogP contribution in [0.4, 0.5) is 4.39 Å². The molecule has 2 aromatic carbocycles. The van der Waals surface area contributed by atoms with Crippen molar-refractivity contribution in [2.45, 2.75) is 35.3 Å². The Morgan fingerprint density at radius 1 is 1.09 bits per heavy atom. The summed E-state index contributed by atoms with van der Waals surface area (Å²) in [6.45, 7) is 3.39. The van der Waals surface area contributed by atoms with Crippen LogP contribution >= 0.6 is 11.8 Å². The minimum Gasteiger partial charge on any atom is -0.457 e. The quantitative estimate of drug-likeness (QED) is 0.283. The minimum absolute atomic E-state index is 0.0970. The molecule has 1 amide bonds. The molecular formula is C23H24FN3O5S2. The van der Waals surface area contributed by atoms with Crippen LogP contribution in [-0.2, 0) is 20.6 Å². The first-order valence-electron chi connectivity index (χ1n) is 10.1. The lowest BCUT2D eigenvalue weighted by Crippen LogP contribution is -2.55. The van der Waals surface area contributed by atoms with Gasteiger partial charge < -0.3 is 4.74 Å². The summed E-state index contributed by atoms with van der Waals surface area (Å²) in [7, 11) is -4.13. The largest absolute Gasteiger partial charge is 0.457 e. The number of halogens is 1. The molecule has 0 saturated carbocycles. The second-order valence-corrected chi connectivity index (χ2v) is 11.1. The zero-order chi connectivity index (χ0) is 24.8. The van der Waals surface area contributed by atoms with Crippen molar-refractivity contribution in [3.05, 3.63) is 84.4 Å². The van der Waals surface area contributed by atoms with Crippen LogP contribution in [0.25, 0.3) is 0 Å². The maximum absolute atomic E-state index is 13.0. The van der Waals surface area contributed by atoms with E-state index in [1.165, 1.54) is 60.3 Å². The Kier molecular flexibility index (Phi) is 8.26. The predicted molar refractivity (Wildman–Crippen MR) is 127 cm³/mol. The highest BCUT2D eigenvalue weighted by Crippen LogP contribution is 2.32. The molecule has 0 bridgehead atoms. The Hall–Kier alpha value is -2.99. The SMILES string of the molecule is CC(C)(SCc1ccccn1)C(NS(=O)(=O)c1ccc(Oc2ccc(F)cc2)cc1)C(=O)NO. The first kappa shape index (κ1) is 25.6. The molecule has 3 N–H and O–H groups in total. The van der Waals surface area contributed by atoms with Gasteiger partial charge in [0.2, 0.25) is 10.0 Å². The van der Waals surface area contributed by atoms with Gasteiger partial charge in [0.05, 0.1) is 10.6 Å². The highest BCUT2D eigenvalue weighted by molar-refractivity contribution is 8.00. The van der Waals surface area contributed by atoms with Crippen LogP contribution in [0.3, 0.4) is 0 Å². The number of pyridine rings is 1. The van der Waals surface area contributed by atoms with Gasteiger partial charge in [0.25, 0.3) is 5.91 Å². The lowest BCUT2D eigenvalue weighted by atomic mass is 10.0. The number of benzene rings is 2. The first-order valence-corrected chi connectivity index (χ1v) is 12.6. The van der Waals surface area contributed by atoms with Crippen molar-refractivity contribution >= 4 is 27.7 Å². The first-order chi connectivity index (χ1) is 16.1. The number of sulfonamides is 1. The number of hydrogen-bond acceptors (Lipinski definition) is 7. The molecule has 8 nitrogen and oxygen atoms in total. The fourth-order valence-corrected chi connectivity index (χ4v) is 5.39. The van der Waals surface area contributed by atoms with Gasteiger partial charge in [-0.2, -0.15) is 4.72 Å². The second kappa shape index (κ2) is 11.0. The van der Waals surface area contributed by atoms with Gasteiger partial charge in [0, 0.05) is 16.7 Å². The number of thioether (sulfide) groups is 1. The fourth-order valence-electron chi connectivity index (χ4n) is 2.95. The maximum Gasteiger partial charge on any atom is 0.262 e. The third kappa shape index (κ3) is 6.76. The zero-order valence-electron chi connectivity index (χ0n) is 18.4. The summed E-state index contributed by atoms with van der Waals surface area (Å²) >= 11 is 1.32. The zero-order valence-corrected chi connectivity index (χ0v) is 20.1. The number of amides is 1. The Balaban J connectivity index is 1.74.